The van der Waals surface area contributed by atoms with Crippen LogP contribution in [0.4, 0.5) is 0 Å². The van der Waals surface area contributed by atoms with Crippen molar-refractivity contribution in [3.63, 3.8) is 0 Å². The Morgan fingerprint density at radius 3 is 2.89 bits per heavy atom. The van der Waals surface area contributed by atoms with E-state index in [-0.39, 0.29) is 6.04 Å². The van der Waals surface area contributed by atoms with E-state index in [2.05, 4.69) is 15.1 Å². The Balaban J connectivity index is 1.93. The molecule has 2 N–H and O–H groups in total. The molecule has 3 aromatic rings. The molecule has 0 saturated carbocycles. The Morgan fingerprint density at radius 2 is 2.22 bits per heavy atom. The van der Waals surface area contributed by atoms with Crippen LogP contribution in [0.5, 0.6) is 0 Å². The van der Waals surface area contributed by atoms with Crippen LogP contribution in [0.3, 0.4) is 0 Å². The molecule has 0 bridgehead atoms. The molecule has 3 rings (SSSR count). The first-order valence-corrected chi connectivity index (χ1v) is 7.14. The van der Waals surface area contributed by atoms with Crippen molar-refractivity contribution >= 4 is 22.7 Å². The van der Waals surface area contributed by atoms with Gasteiger partial charge in [0.25, 0.3) is 5.89 Å². The fourth-order valence-corrected chi connectivity index (χ4v) is 2.82. The van der Waals surface area contributed by atoms with E-state index < -0.39 is 0 Å². The van der Waals surface area contributed by atoms with Crippen molar-refractivity contribution in [1.82, 2.24) is 15.1 Å². The van der Waals surface area contributed by atoms with Crippen LogP contribution in [-0.4, -0.2) is 15.1 Å². The molecular weight excluding hydrogens is 268 g/mol. The number of hydrogen-bond acceptors (Lipinski definition) is 7. The quantitative estimate of drug-likeness (QED) is 0.797. The third-order valence-electron chi connectivity index (χ3n) is 2.34. The zero-order valence-corrected chi connectivity index (χ0v) is 11.2. The van der Waals surface area contributed by atoms with Gasteiger partial charge in [0.05, 0.1) is 6.04 Å². The van der Waals surface area contributed by atoms with Gasteiger partial charge in [-0.15, -0.1) is 11.3 Å². The van der Waals surface area contributed by atoms with Crippen molar-refractivity contribution in [3.05, 3.63) is 27.2 Å². The first kappa shape index (κ1) is 11.5. The molecular formula is C11H10N4OS2. The van der Waals surface area contributed by atoms with Gasteiger partial charge in [-0.3, -0.25) is 0 Å². The minimum atomic E-state index is -0.0805. The number of rotatable bonds is 3. The molecule has 0 aromatic carbocycles. The molecule has 0 aliphatic heterocycles. The fraction of sp³-hybridized carbons (Fsp3) is 0.182. The standard InChI is InChI=1S/C11H10N4OS2/c1-6(12)11-13-8(5-18-11)10-14-9(15-16-10)7-2-3-17-4-7/h2-6H,12H2,1H3. The van der Waals surface area contributed by atoms with E-state index in [4.69, 9.17) is 10.3 Å². The zero-order valence-electron chi connectivity index (χ0n) is 9.53. The van der Waals surface area contributed by atoms with E-state index in [9.17, 15) is 0 Å². The molecule has 92 valence electrons. The fourth-order valence-electron chi connectivity index (χ4n) is 1.43. The second-order valence-electron chi connectivity index (χ2n) is 3.79. The van der Waals surface area contributed by atoms with Crippen LogP contribution in [0.1, 0.15) is 18.0 Å². The molecule has 7 heteroatoms. The van der Waals surface area contributed by atoms with E-state index in [0.717, 1.165) is 10.6 Å². The highest BCUT2D eigenvalue weighted by Gasteiger charge is 2.15. The average Bonchev–Trinajstić information content (AvgIpc) is 3.10. The van der Waals surface area contributed by atoms with Crippen LogP contribution in [0, 0.1) is 0 Å². The molecule has 0 saturated heterocycles. The summed E-state index contributed by atoms with van der Waals surface area (Å²) in [6, 6.07) is 1.87. The topological polar surface area (TPSA) is 77.8 Å². The normalized spacial score (nSPS) is 12.8. The second kappa shape index (κ2) is 4.60. The Bertz CT molecular complexity index is 642. The second-order valence-corrected chi connectivity index (χ2v) is 5.46. The number of nitrogens with two attached hydrogens (primary N) is 1. The zero-order chi connectivity index (χ0) is 12.5. The molecule has 1 atom stereocenters. The molecule has 3 aromatic heterocycles. The molecule has 0 radical (unpaired) electrons. The van der Waals surface area contributed by atoms with Crippen LogP contribution < -0.4 is 5.73 Å². The first-order chi connectivity index (χ1) is 8.74. The SMILES string of the molecule is CC(N)c1nc(-c2nc(-c3ccsc3)no2)cs1. The first-order valence-electron chi connectivity index (χ1n) is 5.31. The summed E-state index contributed by atoms with van der Waals surface area (Å²) in [5.74, 6) is 1.01. The Kier molecular flexibility index (Phi) is 2.94. The molecule has 18 heavy (non-hydrogen) atoms. The van der Waals surface area contributed by atoms with Crippen LogP contribution in [0.2, 0.25) is 0 Å². The van der Waals surface area contributed by atoms with Crippen molar-refractivity contribution in [2.24, 2.45) is 5.73 Å². The highest BCUT2D eigenvalue weighted by atomic mass is 32.1. The van der Waals surface area contributed by atoms with Gasteiger partial charge in [0.2, 0.25) is 5.82 Å². The lowest BCUT2D eigenvalue weighted by molar-refractivity contribution is 0.431. The molecule has 0 spiro atoms. The summed E-state index contributed by atoms with van der Waals surface area (Å²) in [4.78, 5) is 8.70. The number of aromatic nitrogens is 3. The highest BCUT2D eigenvalue weighted by molar-refractivity contribution is 7.10. The van der Waals surface area contributed by atoms with Crippen molar-refractivity contribution < 1.29 is 4.52 Å². The number of hydrogen-bond donors (Lipinski definition) is 1. The van der Waals surface area contributed by atoms with Crippen LogP contribution in [0.15, 0.2) is 26.7 Å². The largest absolute Gasteiger partial charge is 0.332 e. The lowest BCUT2D eigenvalue weighted by atomic mass is 10.3. The third kappa shape index (κ3) is 2.07. The van der Waals surface area contributed by atoms with E-state index in [0.29, 0.717) is 17.4 Å². The van der Waals surface area contributed by atoms with Gasteiger partial charge in [-0.25, -0.2) is 4.98 Å². The minimum absolute atomic E-state index is 0.0805. The summed E-state index contributed by atoms with van der Waals surface area (Å²) in [5.41, 5.74) is 7.41. The van der Waals surface area contributed by atoms with Crippen LogP contribution in [0.25, 0.3) is 23.0 Å². The van der Waals surface area contributed by atoms with Gasteiger partial charge in [0.1, 0.15) is 10.7 Å². The molecule has 0 fully saturated rings. The predicted octanol–water partition coefficient (Wildman–Crippen LogP) is 2.94. The van der Waals surface area contributed by atoms with Gasteiger partial charge in [-0.2, -0.15) is 16.3 Å². The summed E-state index contributed by atoms with van der Waals surface area (Å²) in [6.45, 7) is 1.90. The Hall–Kier alpha value is -1.57. The van der Waals surface area contributed by atoms with Gasteiger partial charge in [-0.1, -0.05) is 5.16 Å². The van der Waals surface area contributed by atoms with E-state index in [1.807, 2.05) is 29.1 Å². The van der Waals surface area contributed by atoms with Gasteiger partial charge < -0.3 is 10.3 Å². The summed E-state index contributed by atoms with van der Waals surface area (Å²) in [6.07, 6.45) is 0. The summed E-state index contributed by atoms with van der Waals surface area (Å²) >= 11 is 3.09. The van der Waals surface area contributed by atoms with Gasteiger partial charge >= 0.3 is 0 Å². The van der Waals surface area contributed by atoms with E-state index in [1.165, 1.54) is 11.3 Å². The van der Waals surface area contributed by atoms with Crippen LogP contribution >= 0.6 is 22.7 Å². The Labute approximate surface area is 111 Å². The molecule has 0 aliphatic carbocycles. The monoisotopic (exact) mass is 278 g/mol. The lowest BCUT2D eigenvalue weighted by Gasteiger charge is -1.95. The van der Waals surface area contributed by atoms with Crippen LogP contribution in [-0.2, 0) is 0 Å². The molecule has 3 heterocycles. The Morgan fingerprint density at radius 1 is 1.33 bits per heavy atom. The summed E-state index contributed by atoms with van der Waals surface area (Å²) in [5, 5.41) is 10.6. The maximum Gasteiger partial charge on any atom is 0.277 e. The molecule has 0 aliphatic rings. The smallest absolute Gasteiger partial charge is 0.277 e. The summed E-state index contributed by atoms with van der Waals surface area (Å²) in [7, 11) is 0. The maximum atomic E-state index is 5.77. The van der Waals surface area contributed by atoms with E-state index >= 15 is 0 Å². The molecule has 0 amide bonds. The van der Waals surface area contributed by atoms with Gasteiger partial charge in [0.15, 0.2) is 0 Å². The van der Waals surface area contributed by atoms with Crippen molar-refractivity contribution in [2.45, 2.75) is 13.0 Å². The third-order valence-corrected chi connectivity index (χ3v) is 4.06. The average molecular weight is 278 g/mol. The number of thiophene rings is 1. The van der Waals surface area contributed by atoms with Crippen molar-refractivity contribution in [3.8, 4) is 23.0 Å². The van der Waals surface area contributed by atoms with Crippen molar-refractivity contribution in [2.75, 3.05) is 0 Å². The highest BCUT2D eigenvalue weighted by Crippen LogP contribution is 2.26. The molecule has 1 unspecified atom stereocenters. The predicted molar refractivity (Wildman–Crippen MR) is 71.3 cm³/mol. The molecule has 5 nitrogen and oxygen atoms in total. The van der Waals surface area contributed by atoms with Gasteiger partial charge in [-0.05, 0) is 18.4 Å². The number of nitrogens with zero attached hydrogens (tertiary/aromatic N) is 3. The summed E-state index contributed by atoms with van der Waals surface area (Å²) < 4.78 is 5.21. The maximum absolute atomic E-state index is 5.77. The van der Waals surface area contributed by atoms with E-state index in [1.54, 1.807) is 11.3 Å². The minimum Gasteiger partial charge on any atom is -0.332 e. The number of thiazole rings is 1. The van der Waals surface area contributed by atoms with Crippen molar-refractivity contribution in [1.29, 1.82) is 0 Å². The van der Waals surface area contributed by atoms with Gasteiger partial charge in [0, 0.05) is 16.3 Å². The lowest BCUT2D eigenvalue weighted by Crippen LogP contribution is -2.03.